The molecule has 1 fully saturated rings. The highest BCUT2D eigenvalue weighted by Crippen LogP contribution is 2.29. The fraction of sp³-hybridized carbons (Fsp3) is 0.529. The number of hydrogen-bond donors (Lipinski definition) is 2. The Morgan fingerprint density at radius 2 is 2.04 bits per heavy atom. The van der Waals surface area contributed by atoms with Crippen LogP contribution in [-0.2, 0) is 26.0 Å². The van der Waals surface area contributed by atoms with Gasteiger partial charge in [-0.1, -0.05) is 6.92 Å². The predicted molar refractivity (Wildman–Crippen MR) is 93.6 cm³/mol. The topological polar surface area (TPSA) is 95.6 Å². The van der Waals surface area contributed by atoms with Crippen molar-refractivity contribution in [2.24, 2.45) is 5.92 Å². The highest BCUT2D eigenvalue weighted by Gasteiger charge is 2.32. The van der Waals surface area contributed by atoms with Gasteiger partial charge >= 0.3 is 0 Å². The zero-order valence-corrected chi connectivity index (χ0v) is 15.1. The minimum absolute atomic E-state index is 0.0148. The first kappa shape index (κ1) is 17.9. The van der Waals surface area contributed by atoms with Gasteiger partial charge in [0.15, 0.2) is 0 Å². The molecule has 0 saturated carbocycles. The maximum Gasteiger partial charge on any atom is 0.243 e. The fourth-order valence-corrected chi connectivity index (χ4v) is 4.79. The molecule has 2 amide bonds. The summed E-state index contributed by atoms with van der Waals surface area (Å²) in [4.78, 5) is 23.7. The third-order valence-corrected chi connectivity index (χ3v) is 6.61. The first-order valence-electron chi connectivity index (χ1n) is 8.62. The van der Waals surface area contributed by atoms with Gasteiger partial charge in [-0.05, 0) is 43.0 Å². The van der Waals surface area contributed by atoms with Crippen LogP contribution in [0.25, 0.3) is 0 Å². The normalized spacial score (nSPS) is 18.7. The number of carbonyl (C=O) groups is 2. The number of anilines is 1. The van der Waals surface area contributed by atoms with Gasteiger partial charge in [-0.15, -0.1) is 0 Å². The molecule has 1 saturated heterocycles. The quantitative estimate of drug-likeness (QED) is 0.817. The van der Waals surface area contributed by atoms with Crippen molar-refractivity contribution in [1.29, 1.82) is 0 Å². The van der Waals surface area contributed by atoms with Gasteiger partial charge in [0.05, 0.1) is 11.3 Å². The lowest BCUT2D eigenvalue weighted by atomic mass is 9.97. The van der Waals surface area contributed by atoms with Crippen LogP contribution < -0.4 is 10.6 Å². The van der Waals surface area contributed by atoms with Crippen LogP contribution in [-0.4, -0.2) is 44.2 Å². The van der Waals surface area contributed by atoms with E-state index in [1.54, 1.807) is 12.1 Å². The number of sulfonamides is 1. The molecule has 0 aromatic heterocycles. The van der Waals surface area contributed by atoms with E-state index in [1.165, 1.54) is 10.4 Å². The largest absolute Gasteiger partial charge is 0.356 e. The van der Waals surface area contributed by atoms with Crippen molar-refractivity contribution in [2.75, 3.05) is 25.0 Å². The maximum absolute atomic E-state index is 12.8. The number of hydrogen-bond acceptors (Lipinski definition) is 4. The highest BCUT2D eigenvalue weighted by atomic mass is 32.2. The molecule has 8 heteroatoms. The van der Waals surface area contributed by atoms with E-state index < -0.39 is 10.0 Å². The maximum atomic E-state index is 12.8. The van der Waals surface area contributed by atoms with E-state index in [-0.39, 0.29) is 29.0 Å². The molecule has 0 radical (unpaired) electrons. The molecule has 0 atom stereocenters. The van der Waals surface area contributed by atoms with Crippen molar-refractivity contribution in [3.63, 3.8) is 0 Å². The van der Waals surface area contributed by atoms with Gasteiger partial charge in [0.1, 0.15) is 0 Å². The summed E-state index contributed by atoms with van der Waals surface area (Å²) in [5.74, 6) is -0.232. The summed E-state index contributed by atoms with van der Waals surface area (Å²) in [6.07, 6.45) is 2.15. The Bertz CT molecular complexity index is 783. The first-order chi connectivity index (χ1) is 11.9. The van der Waals surface area contributed by atoms with Gasteiger partial charge in [-0.25, -0.2) is 8.42 Å². The van der Waals surface area contributed by atoms with E-state index in [0.29, 0.717) is 43.7 Å². The van der Waals surface area contributed by atoms with Gasteiger partial charge in [0, 0.05) is 31.2 Å². The summed E-state index contributed by atoms with van der Waals surface area (Å²) < 4.78 is 27.1. The zero-order chi connectivity index (χ0) is 18.0. The van der Waals surface area contributed by atoms with Crippen molar-refractivity contribution in [2.45, 2.75) is 37.5 Å². The molecule has 136 valence electrons. The molecule has 1 aromatic carbocycles. The van der Waals surface area contributed by atoms with Crippen LogP contribution in [0, 0.1) is 5.92 Å². The lowest BCUT2D eigenvalue weighted by Crippen LogP contribution is -2.43. The summed E-state index contributed by atoms with van der Waals surface area (Å²) >= 11 is 0. The zero-order valence-electron chi connectivity index (χ0n) is 14.2. The number of nitrogens with zero attached hydrogens (tertiary/aromatic N) is 1. The molecule has 2 aliphatic heterocycles. The van der Waals surface area contributed by atoms with Crippen LogP contribution in [0.3, 0.4) is 0 Å². The summed E-state index contributed by atoms with van der Waals surface area (Å²) in [7, 11) is -3.60. The van der Waals surface area contributed by atoms with Crippen LogP contribution >= 0.6 is 0 Å². The number of piperidine rings is 1. The molecular formula is C17H23N3O4S. The molecule has 0 bridgehead atoms. The van der Waals surface area contributed by atoms with E-state index in [0.717, 1.165) is 6.42 Å². The molecule has 25 heavy (non-hydrogen) atoms. The SMILES string of the molecule is CCCNC(=O)C1CCN(S(=O)(=O)c2ccc3c(c2)CC(=O)N3)CC1. The summed E-state index contributed by atoms with van der Waals surface area (Å²) in [6, 6.07) is 4.74. The molecular weight excluding hydrogens is 342 g/mol. The van der Waals surface area contributed by atoms with Crippen LogP contribution in [0.1, 0.15) is 31.7 Å². The number of carbonyl (C=O) groups excluding carboxylic acids is 2. The summed E-state index contributed by atoms with van der Waals surface area (Å²) in [5, 5.41) is 5.57. The first-order valence-corrected chi connectivity index (χ1v) is 10.1. The van der Waals surface area contributed by atoms with E-state index in [1.807, 2.05) is 6.92 Å². The number of amides is 2. The van der Waals surface area contributed by atoms with Crippen molar-refractivity contribution in [1.82, 2.24) is 9.62 Å². The van der Waals surface area contributed by atoms with Gasteiger partial charge in [0.2, 0.25) is 21.8 Å². The molecule has 1 aromatic rings. The minimum Gasteiger partial charge on any atom is -0.356 e. The fourth-order valence-electron chi connectivity index (χ4n) is 3.27. The summed E-state index contributed by atoms with van der Waals surface area (Å²) in [5.41, 5.74) is 1.38. The number of fused-ring (bicyclic) bond motifs is 1. The standard InChI is InChI=1S/C17H23N3O4S/c1-2-7-18-17(22)12-5-8-20(9-6-12)25(23,24)14-3-4-15-13(10-14)11-16(21)19-15/h3-4,10,12H,2,5-9,11H2,1H3,(H,18,22)(H,19,21). The highest BCUT2D eigenvalue weighted by molar-refractivity contribution is 7.89. The third kappa shape index (κ3) is 3.69. The molecule has 7 nitrogen and oxygen atoms in total. The molecule has 0 unspecified atom stereocenters. The number of nitrogens with one attached hydrogen (secondary N) is 2. The average molecular weight is 365 g/mol. The Labute approximate surface area is 147 Å². The van der Waals surface area contributed by atoms with Crippen molar-refractivity contribution in [3.05, 3.63) is 23.8 Å². The second kappa shape index (κ2) is 7.13. The Morgan fingerprint density at radius 1 is 1.32 bits per heavy atom. The van der Waals surface area contributed by atoms with Crippen LogP contribution in [0.5, 0.6) is 0 Å². The summed E-state index contributed by atoms with van der Waals surface area (Å²) in [6.45, 7) is 3.32. The van der Waals surface area contributed by atoms with E-state index in [2.05, 4.69) is 10.6 Å². The van der Waals surface area contributed by atoms with Gasteiger partial charge in [-0.3, -0.25) is 9.59 Å². The Morgan fingerprint density at radius 3 is 2.72 bits per heavy atom. The Hall–Kier alpha value is -1.93. The third-order valence-electron chi connectivity index (χ3n) is 4.71. The second-order valence-electron chi connectivity index (χ2n) is 6.51. The average Bonchev–Trinajstić information content (AvgIpc) is 2.98. The predicted octanol–water partition coefficient (Wildman–Crippen LogP) is 1.11. The molecule has 0 spiro atoms. The molecule has 3 rings (SSSR count). The smallest absolute Gasteiger partial charge is 0.243 e. The monoisotopic (exact) mass is 365 g/mol. The molecule has 0 aliphatic carbocycles. The van der Waals surface area contributed by atoms with Crippen LogP contribution in [0.4, 0.5) is 5.69 Å². The Balaban J connectivity index is 1.67. The van der Waals surface area contributed by atoms with Crippen molar-refractivity contribution < 1.29 is 18.0 Å². The lowest BCUT2D eigenvalue weighted by molar-refractivity contribution is -0.126. The number of rotatable bonds is 5. The minimum atomic E-state index is -3.60. The van der Waals surface area contributed by atoms with Crippen molar-refractivity contribution >= 4 is 27.5 Å². The van der Waals surface area contributed by atoms with E-state index >= 15 is 0 Å². The lowest BCUT2D eigenvalue weighted by Gasteiger charge is -2.30. The van der Waals surface area contributed by atoms with Crippen LogP contribution in [0.15, 0.2) is 23.1 Å². The van der Waals surface area contributed by atoms with Crippen LogP contribution in [0.2, 0.25) is 0 Å². The Kier molecular flexibility index (Phi) is 5.10. The van der Waals surface area contributed by atoms with Gasteiger partial charge in [-0.2, -0.15) is 4.31 Å². The van der Waals surface area contributed by atoms with E-state index in [4.69, 9.17) is 0 Å². The number of benzene rings is 1. The van der Waals surface area contributed by atoms with Gasteiger partial charge in [0.25, 0.3) is 0 Å². The molecule has 2 N–H and O–H groups in total. The second-order valence-corrected chi connectivity index (χ2v) is 8.45. The van der Waals surface area contributed by atoms with E-state index in [9.17, 15) is 18.0 Å². The van der Waals surface area contributed by atoms with Gasteiger partial charge < -0.3 is 10.6 Å². The molecule has 2 heterocycles. The van der Waals surface area contributed by atoms with Crippen molar-refractivity contribution in [3.8, 4) is 0 Å². The molecule has 2 aliphatic rings.